The van der Waals surface area contributed by atoms with Crippen LogP contribution in [-0.2, 0) is 10.0 Å². The number of thiazole rings is 1. The summed E-state index contributed by atoms with van der Waals surface area (Å²) in [5.74, 6) is -0.0782. The van der Waals surface area contributed by atoms with Crippen molar-refractivity contribution in [1.82, 2.24) is 14.2 Å². The van der Waals surface area contributed by atoms with Crippen LogP contribution in [0.5, 0.6) is 0 Å². The van der Waals surface area contributed by atoms with Crippen molar-refractivity contribution in [3.8, 4) is 9.88 Å². The number of aryl methyl sites for hydroxylation is 1. The van der Waals surface area contributed by atoms with E-state index in [0.29, 0.717) is 18.0 Å². The van der Waals surface area contributed by atoms with Crippen LogP contribution in [0.3, 0.4) is 0 Å². The molecule has 4 aromatic rings. The second kappa shape index (κ2) is 8.40. The fourth-order valence-electron chi connectivity index (χ4n) is 3.85. The molecule has 0 atom stereocenters. The second-order valence-corrected chi connectivity index (χ2v) is 11.5. The molecule has 0 unspecified atom stereocenters. The predicted octanol–water partition coefficient (Wildman–Crippen LogP) is 4.48. The third kappa shape index (κ3) is 3.86. The molecule has 2 aromatic carbocycles. The number of hydrogen-bond acceptors (Lipinski definition) is 6. The first-order chi connectivity index (χ1) is 15.4. The van der Waals surface area contributed by atoms with Crippen molar-refractivity contribution in [2.24, 2.45) is 0 Å². The number of carbonyl (C=O) groups excluding carboxylic acids is 1. The van der Waals surface area contributed by atoms with E-state index in [-0.39, 0.29) is 23.9 Å². The van der Waals surface area contributed by atoms with E-state index in [0.717, 1.165) is 26.4 Å². The number of sulfonamides is 1. The zero-order valence-corrected chi connectivity index (χ0v) is 19.8. The van der Waals surface area contributed by atoms with Gasteiger partial charge in [-0.1, -0.05) is 36.4 Å². The van der Waals surface area contributed by atoms with Gasteiger partial charge in [0.05, 0.1) is 15.5 Å². The molecule has 0 bridgehead atoms. The molecule has 2 aromatic heterocycles. The lowest BCUT2D eigenvalue weighted by atomic mass is 10.1. The Morgan fingerprint density at radius 2 is 1.72 bits per heavy atom. The summed E-state index contributed by atoms with van der Waals surface area (Å²) in [6, 6.07) is 16.9. The first kappa shape index (κ1) is 21.3. The van der Waals surface area contributed by atoms with Gasteiger partial charge in [-0.25, -0.2) is 13.4 Å². The van der Waals surface area contributed by atoms with E-state index in [2.05, 4.69) is 4.98 Å². The summed E-state index contributed by atoms with van der Waals surface area (Å²) in [4.78, 5) is 21.4. The van der Waals surface area contributed by atoms with Crippen LogP contribution in [0.1, 0.15) is 15.4 Å². The van der Waals surface area contributed by atoms with Crippen molar-refractivity contribution in [1.29, 1.82) is 0 Å². The monoisotopic (exact) mass is 483 g/mol. The first-order valence-electron chi connectivity index (χ1n) is 10.2. The molecule has 0 radical (unpaired) electrons. The molecule has 1 aliphatic rings. The molecule has 6 nitrogen and oxygen atoms in total. The third-order valence-corrected chi connectivity index (χ3v) is 9.69. The first-order valence-corrected chi connectivity index (χ1v) is 13.4. The lowest BCUT2D eigenvalue weighted by Crippen LogP contribution is -2.50. The standard InChI is InChI=1S/C23H21N3O3S3/c1-16-21(31-22(24-16)20-7-4-14-30-20)23(27)25-10-12-26(13-11-25)32(28,29)19-9-8-17-5-2-3-6-18(17)15-19/h2-9,14-15H,10-13H2,1H3. The summed E-state index contributed by atoms with van der Waals surface area (Å²) in [5.41, 5.74) is 0.717. The highest BCUT2D eigenvalue weighted by Gasteiger charge is 2.31. The summed E-state index contributed by atoms with van der Waals surface area (Å²) in [5, 5.41) is 4.73. The minimum atomic E-state index is -3.61. The minimum absolute atomic E-state index is 0.0782. The molecule has 32 heavy (non-hydrogen) atoms. The largest absolute Gasteiger partial charge is 0.335 e. The van der Waals surface area contributed by atoms with Gasteiger partial charge in [0.25, 0.3) is 5.91 Å². The zero-order valence-electron chi connectivity index (χ0n) is 17.4. The Hall–Kier alpha value is -2.59. The molecule has 1 fully saturated rings. The lowest BCUT2D eigenvalue weighted by Gasteiger charge is -2.33. The number of benzene rings is 2. The van der Waals surface area contributed by atoms with Crippen molar-refractivity contribution in [2.75, 3.05) is 26.2 Å². The molecule has 0 saturated carbocycles. The Balaban J connectivity index is 1.30. The van der Waals surface area contributed by atoms with E-state index in [4.69, 9.17) is 0 Å². The highest BCUT2D eigenvalue weighted by Crippen LogP contribution is 2.32. The smallest absolute Gasteiger partial charge is 0.265 e. The number of fused-ring (bicyclic) bond motifs is 1. The minimum Gasteiger partial charge on any atom is -0.335 e. The van der Waals surface area contributed by atoms with Crippen molar-refractivity contribution < 1.29 is 13.2 Å². The Morgan fingerprint density at radius 1 is 0.969 bits per heavy atom. The van der Waals surface area contributed by atoms with Gasteiger partial charge in [0.1, 0.15) is 9.88 Å². The normalized spacial score (nSPS) is 15.3. The van der Waals surface area contributed by atoms with Gasteiger partial charge in [-0.15, -0.1) is 22.7 Å². The number of nitrogens with zero attached hydrogens (tertiary/aromatic N) is 3. The number of amides is 1. The number of rotatable bonds is 4. The van der Waals surface area contributed by atoms with Crippen molar-refractivity contribution >= 4 is 49.4 Å². The van der Waals surface area contributed by atoms with Gasteiger partial charge < -0.3 is 4.90 Å². The van der Waals surface area contributed by atoms with Crippen LogP contribution in [0, 0.1) is 6.92 Å². The lowest BCUT2D eigenvalue weighted by molar-refractivity contribution is 0.0702. The number of hydrogen-bond donors (Lipinski definition) is 0. The van der Waals surface area contributed by atoms with E-state index in [1.54, 1.807) is 28.4 Å². The predicted molar refractivity (Wildman–Crippen MR) is 129 cm³/mol. The van der Waals surface area contributed by atoms with Crippen LogP contribution in [0.15, 0.2) is 64.9 Å². The van der Waals surface area contributed by atoms with Crippen molar-refractivity contribution in [3.05, 3.63) is 70.5 Å². The van der Waals surface area contributed by atoms with Crippen LogP contribution in [0.2, 0.25) is 0 Å². The summed E-state index contributed by atoms with van der Waals surface area (Å²) in [6.45, 7) is 3.11. The molecule has 1 aliphatic heterocycles. The summed E-state index contributed by atoms with van der Waals surface area (Å²) in [6.07, 6.45) is 0. The van der Waals surface area contributed by atoms with Crippen molar-refractivity contribution in [3.63, 3.8) is 0 Å². The Bertz CT molecular complexity index is 1390. The van der Waals surface area contributed by atoms with Crippen LogP contribution in [0.25, 0.3) is 20.7 Å². The Morgan fingerprint density at radius 3 is 2.44 bits per heavy atom. The number of aromatic nitrogens is 1. The number of thiophene rings is 1. The van der Waals surface area contributed by atoms with E-state index in [1.807, 2.05) is 54.8 Å². The molecule has 0 N–H and O–H groups in total. The molecular formula is C23H21N3O3S3. The van der Waals surface area contributed by atoms with Gasteiger partial charge >= 0.3 is 0 Å². The van der Waals surface area contributed by atoms with Gasteiger partial charge in [0, 0.05) is 26.2 Å². The van der Waals surface area contributed by atoms with E-state index in [9.17, 15) is 13.2 Å². The molecule has 1 saturated heterocycles. The molecule has 5 rings (SSSR count). The van der Waals surface area contributed by atoms with Crippen LogP contribution in [0.4, 0.5) is 0 Å². The zero-order chi connectivity index (χ0) is 22.3. The molecule has 0 aliphatic carbocycles. The topological polar surface area (TPSA) is 70.6 Å². The highest BCUT2D eigenvalue weighted by molar-refractivity contribution is 7.89. The van der Waals surface area contributed by atoms with Gasteiger partial charge in [-0.3, -0.25) is 4.79 Å². The van der Waals surface area contributed by atoms with Crippen LogP contribution in [-0.4, -0.2) is 54.7 Å². The maximum absolute atomic E-state index is 13.2. The number of piperazine rings is 1. The fourth-order valence-corrected chi connectivity index (χ4v) is 7.14. The highest BCUT2D eigenvalue weighted by atomic mass is 32.2. The van der Waals surface area contributed by atoms with Gasteiger partial charge in [0.2, 0.25) is 10.0 Å². The quantitative estimate of drug-likeness (QED) is 0.429. The summed E-state index contributed by atoms with van der Waals surface area (Å²) < 4.78 is 27.8. The summed E-state index contributed by atoms with van der Waals surface area (Å²) >= 11 is 3.00. The molecule has 0 spiro atoms. The Labute approximate surface area is 194 Å². The van der Waals surface area contributed by atoms with Gasteiger partial charge in [-0.2, -0.15) is 4.31 Å². The molecule has 164 valence electrons. The molecule has 9 heteroatoms. The fraction of sp³-hybridized carbons (Fsp3) is 0.217. The van der Waals surface area contributed by atoms with Gasteiger partial charge in [-0.05, 0) is 41.3 Å². The van der Waals surface area contributed by atoms with Crippen LogP contribution >= 0.6 is 22.7 Å². The van der Waals surface area contributed by atoms with Crippen LogP contribution < -0.4 is 0 Å². The second-order valence-electron chi connectivity index (χ2n) is 7.62. The molecule has 3 heterocycles. The average molecular weight is 484 g/mol. The third-order valence-electron chi connectivity index (χ3n) is 5.61. The van der Waals surface area contributed by atoms with E-state index in [1.165, 1.54) is 15.6 Å². The van der Waals surface area contributed by atoms with E-state index < -0.39 is 10.0 Å². The Kier molecular flexibility index (Phi) is 5.58. The summed E-state index contributed by atoms with van der Waals surface area (Å²) in [7, 11) is -3.61. The molecular weight excluding hydrogens is 462 g/mol. The van der Waals surface area contributed by atoms with E-state index >= 15 is 0 Å². The maximum atomic E-state index is 13.2. The average Bonchev–Trinajstić information content (AvgIpc) is 3.48. The van der Waals surface area contributed by atoms with Crippen molar-refractivity contribution in [2.45, 2.75) is 11.8 Å². The molecule has 1 amide bonds. The van der Waals surface area contributed by atoms with Gasteiger partial charge in [0.15, 0.2) is 0 Å². The number of carbonyl (C=O) groups is 1. The maximum Gasteiger partial charge on any atom is 0.265 e. The SMILES string of the molecule is Cc1nc(-c2cccs2)sc1C(=O)N1CCN(S(=O)(=O)c2ccc3ccccc3c2)CC1.